The van der Waals surface area contributed by atoms with Gasteiger partial charge in [-0.2, -0.15) is 4.98 Å². The Hall–Kier alpha value is -3.84. The van der Waals surface area contributed by atoms with E-state index in [1.807, 2.05) is 13.8 Å². The second-order valence-corrected chi connectivity index (χ2v) is 9.84. The number of aromatic amines is 1. The zero-order valence-electron chi connectivity index (χ0n) is 23.3. The molecule has 0 atom stereocenters. The van der Waals surface area contributed by atoms with Gasteiger partial charge in [-0.25, -0.2) is 4.98 Å². The SMILES string of the molecule is COc1c(C)cnc(CNc2nc(N)nc(Cl)c2/C(C=O)=C/c2cc(C(=O)COCCN3CCOCC3)c[nH]2)c1C. The number of hydrogen-bond acceptors (Lipinski definition) is 11. The largest absolute Gasteiger partial charge is 0.496 e. The Labute approximate surface area is 243 Å². The molecule has 1 fully saturated rings. The molecule has 1 aliphatic heterocycles. The van der Waals surface area contributed by atoms with E-state index in [4.69, 9.17) is 31.5 Å². The lowest BCUT2D eigenvalue weighted by molar-refractivity contribution is -0.103. The van der Waals surface area contributed by atoms with Crippen LogP contribution in [0.4, 0.5) is 11.8 Å². The van der Waals surface area contributed by atoms with Gasteiger partial charge in [0, 0.05) is 60.0 Å². The van der Waals surface area contributed by atoms with Crippen molar-refractivity contribution in [2.24, 2.45) is 0 Å². The van der Waals surface area contributed by atoms with E-state index in [2.05, 4.69) is 30.2 Å². The van der Waals surface area contributed by atoms with E-state index < -0.39 is 0 Å². The highest BCUT2D eigenvalue weighted by Crippen LogP contribution is 2.31. The number of H-pyrrole nitrogens is 1. The number of carbonyl (C=O) groups is 2. The Morgan fingerprint density at radius 1 is 1.29 bits per heavy atom. The highest BCUT2D eigenvalue weighted by molar-refractivity contribution is 6.34. The highest BCUT2D eigenvalue weighted by atomic mass is 35.5. The fourth-order valence-electron chi connectivity index (χ4n) is 4.51. The summed E-state index contributed by atoms with van der Waals surface area (Å²) in [5.41, 5.74) is 9.77. The first-order chi connectivity index (χ1) is 19.8. The first kappa shape index (κ1) is 30.1. The van der Waals surface area contributed by atoms with Crippen molar-refractivity contribution >= 4 is 47.1 Å². The molecule has 13 heteroatoms. The van der Waals surface area contributed by atoms with Gasteiger partial charge in [0.15, 0.2) is 12.1 Å². The lowest BCUT2D eigenvalue weighted by Gasteiger charge is -2.26. The number of aldehydes is 1. The summed E-state index contributed by atoms with van der Waals surface area (Å²) >= 11 is 6.44. The topological polar surface area (TPSA) is 158 Å². The Morgan fingerprint density at radius 3 is 2.80 bits per heavy atom. The van der Waals surface area contributed by atoms with Crippen molar-refractivity contribution < 1.29 is 23.8 Å². The Kier molecular flexibility index (Phi) is 10.4. The van der Waals surface area contributed by atoms with Crippen molar-refractivity contribution in [3.63, 3.8) is 0 Å². The minimum atomic E-state index is -0.178. The molecule has 1 saturated heterocycles. The molecule has 0 amide bonds. The standard InChI is InChI=1S/C28H34ClN7O5/c1-17-12-32-22(18(2)25(17)39-3)14-33-27-24(26(29)34-28(30)35-27)20(15-37)11-21-10-19(13-31-21)23(38)16-41-9-6-36-4-7-40-8-5-36/h10-13,15,31H,4-9,14,16H2,1-3H3,(H3,30,33,34,35)/b20-11+. The summed E-state index contributed by atoms with van der Waals surface area (Å²) in [6.45, 7) is 8.39. The predicted molar refractivity (Wildman–Crippen MR) is 156 cm³/mol. The van der Waals surface area contributed by atoms with E-state index >= 15 is 0 Å². The molecule has 0 saturated carbocycles. The second-order valence-electron chi connectivity index (χ2n) is 9.49. The molecule has 218 valence electrons. The number of anilines is 2. The fourth-order valence-corrected chi connectivity index (χ4v) is 4.79. The summed E-state index contributed by atoms with van der Waals surface area (Å²) < 4.78 is 16.4. The van der Waals surface area contributed by atoms with Crippen LogP contribution in [0.25, 0.3) is 11.6 Å². The third-order valence-corrected chi connectivity index (χ3v) is 6.97. The van der Waals surface area contributed by atoms with Crippen LogP contribution in [0.3, 0.4) is 0 Å². The predicted octanol–water partition coefficient (Wildman–Crippen LogP) is 2.94. The number of aromatic nitrogens is 4. The maximum Gasteiger partial charge on any atom is 0.223 e. The number of hydrogen-bond donors (Lipinski definition) is 3. The van der Waals surface area contributed by atoms with E-state index in [1.165, 1.54) is 0 Å². The van der Waals surface area contributed by atoms with Crippen molar-refractivity contribution in [1.29, 1.82) is 0 Å². The fraction of sp³-hybridized carbons (Fsp3) is 0.393. The molecule has 1 aliphatic rings. The van der Waals surface area contributed by atoms with Crippen LogP contribution in [0, 0.1) is 13.8 Å². The molecule has 4 N–H and O–H groups in total. The van der Waals surface area contributed by atoms with Gasteiger partial charge in [0.25, 0.3) is 0 Å². The number of nitrogen functional groups attached to an aromatic ring is 1. The molecule has 0 spiro atoms. The second kappa shape index (κ2) is 14.2. The van der Waals surface area contributed by atoms with Crippen LogP contribution < -0.4 is 15.8 Å². The van der Waals surface area contributed by atoms with Crippen molar-refractivity contribution in [3.05, 3.63) is 57.3 Å². The minimum absolute atomic E-state index is 0.000965. The first-order valence-corrected chi connectivity index (χ1v) is 13.5. The van der Waals surface area contributed by atoms with Crippen LogP contribution in [-0.2, 0) is 20.8 Å². The van der Waals surface area contributed by atoms with Gasteiger partial charge in [-0.15, -0.1) is 0 Å². The Bertz CT molecular complexity index is 1420. The summed E-state index contributed by atoms with van der Waals surface area (Å²) in [6, 6.07) is 1.64. The number of ketones is 1. The van der Waals surface area contributed by atoms with Crippen LogP contribution in [0.1, 0.15) is 38.4 Å². The summed E-state index contributed by atoms with van der Waals surface area (Å²) in [5, 5.41) is 3.18. The molecule has 3 aromatic rings. The molecule has 4 rings (SSSR count). The first-order valence-electron chi connectivity index (χ1n) is 13.1. The Morgan fingerprint density at radius 2 is 2.07 bits per heavy atom. The maximum absolute atomic E-state index is 12.6. The average Bonchev–Trinajstić information content (AvgIpc) is 3.43. The molecule has 0 unspecified atom stereocenters. The van der Waals surface area contributed by atoms with Gasteiger partial charge in [-0.3, -0.25) is 19.5 Å². The summed E-state index contributed by atoms with van der Waals surface area (Å²) in [5.74, 6) is 0.769. The quantitative estimate of drug-likeness (QED) is 0.0893. The summed E-state index contributed by atoms with van der Waals surface area (Å²) in [7, 11) is 1.61. The van der Waals surface area contributed by atoms with E-state index in [9.17, 15) is 9.59 Å². The number of aryl methyl sites for hydroxylation is 1. The van der Waals surface area contributed by atoms with Gasteiger partial charge in [0.1, 0.15) is 23.3 Å². The number of nitrogens with two attached hydrogens (primary N) is 1. The van der Waals surface area contributed by atoms with E-state index in [0.29, 0.717) is 37.4 Å². The molecule has 0 aliphatic carbocycles. The van der Waals surface area contributed by atoms with Crippen LogP contribution in [0.5, 0.6) is 5.75 Å². The van der Waals surface area contributed by atoms with Gasteiger partial charge >= 0.3 is 0 Å². The molecule has 0 radical (unpaired) electrons. The number of pyridine rings is 1. The Balaban J connectivity index is 1.47. The van der Waals surface area contributed by atoms with Crippen molar-refractivity contribution in [3.8, 4) is 5.75 Å². The molecule has 0 aromatic carbocycles. The molecule has 12 nitrogen and oxygen atoms in total. The number of carbonyl (C=O) groups excluding carboxylic acids is 2. The van der Waals surface area contributed by atoms with Crippen LogP contribution >= 0.6 is 11.6 Å². The zero-order chi connectivity index (χ0) is 29.4. The molecular weight excluding hydrogens is 550 g/mol. The van der Waals surface area contributed by atoms with E-state index in [1.54, 1.807) is 31.6 Å². The van der Waals surface area contributed by atoms with Gasteiger partial charge < -0.3 is 30.2 Å². The average molecular weight is 584 g/mol. The van der Waals surface area contributed by atoms with E-state index in [0.717, 1.165) is 42.2 Å². The number of rotatable bonds is 13. The van der Waals surface area contributed by atoms with Crippen LogP contribution in [-0.4, -0.2) is 90.1 Å². The van der Waals surface area contributed by atoms with E-state index in [-0.39, 0.29) is 47.0 Å². The summed E-state index contributed by atoms with van der Waals surface area (Å²) in [4.78, 5) is 42.9. The van der Waals surface area contributed by atoms with Crippen molar-refractivity contribution in [1.82, 2.24) is 24.8 Å². The van der Waals surface area contributed by atoms with Crippen LogP contribution in [0.15, 0.2) is 18.5 Å². The number of nitrogens with one attached hydrogen (secondary N) is 2. The smallest absolute Gasteiger partial charge is 0.223 e. The monoisotopic (exact) mass is 583 g/mol. The molecule has 0 bridgehead atoms. The number of halogens is 1. The third-order valence-electron chi connectivity index (χ3n) is 6.70. The summed E-state index contributed by atoms with van der Waals surface area (Å²) in [6.07, 6.45) is 5.50. The van der Waals surface area contributed by atoms with Crippen molar-refractivity contribution in [2.75, 3.05) is 64.2 Å². The maximum atomic E-state index is 12.6. The van der Waals surface area contributed by atoms with Gasteiger partial charge in [-0.05, 0) is 26.0 Å². The van der Waals surface area contributed by atoms with Crippen molar-refractivity contribution in [2.45, 2.75) is 20.4 Å². The van der Waals surface area contributed by atoms with Crippen LogP contribution in [0.2, 0.25) is 5.15 Å². The molecule has 41 heavy (non-hydrogen) atoms. The zero-order valence-corrected chi connectivity index (χ0v) is 24.1. The van der Waals surface area contributed by atoms with Gasteiger partial charge in [0.2, 0.25) is 5.95 Å². The number of allylic oxidation sites excluding steroid dienone is 1. The lowest BCUT2D eigenvalue weighted by atomic mass is 10.1. The lowest BCUT2D eigenvalue weighted by Crippen LogP contribution is -2.38. The number of morpholine rings is 1. The molecular formula is C28H34ClN7O5. The number of nitrogens with zero attached hydrogens (tertiary/aromatic N) is 4. The third kappa shape index (κ3) is 7.67. The number of Topliss-reactive ketones (excluding diaryl/α,β-unsaturated/α-hetero) is 1. The number of ether oxygens (including phenoxy) is 3. The molecule has 4 heterocycles. The number of methoxy groups -OCH3 is 1. The van der Waals surface area contributed by atoms with Gasteiger partial charge in [-0.1, -0.05) is 11.6 Å². The van der Waals surface area contributed by atoms with Gasteiger partial charge in [0.05, 0.1) is 44.7 Å². The minimum Gasteiger partial charge on any atom is -0.496 e. The highest BCUT2D eigenvalue weighted by Gasteiger charge is 2.19. The normalized spacial score (nSPS) is 14.2. The molecule has 3 aromatic heterocycles.